The second-order valence-electron chi connectivity index (χ2n) is 24.6. The number of nitrogens with one attached hydrogen (secondary N) is 1. The normalized spacial score (nSPS) is 12.6. The van der Waals surface area contributed by atoms with Crippen molar-refractivity contribution in [3.63, 3.8) is 0 Å². The largest absolute Gasteiger partial charge is 0.466 e. The first-order valence-corrected chi connectivity index (χ1v) is 35.6. The number of esters is 1. The van der Waals surface area contributed by atoms with Crippen LogP contribution >= 0.6 is 0 Å². The van der Waals surface area contributed by atoms with Gasteiger partial charge in [0.15, 0.2) is 0 Å². The standard InChI is InChI=1S/C72H139NO5/c1-3-5-7-9-11-13-14-42-46-50-54-58-62-66-72(77)78-67-63-59-55-51-47-44-41-39-37-35-33-31-29-27-25-23-21-19-17-15-16-18-20-22-24-26-28-30-32-34-36-38-40-43-45-49-53-57-61-65-71(76)73-69(68-74)70(75)64-60-56-52-48-12-10-8-6-4-2/h13-14,60,64,69-70,74-75H,3-12,15-59,61-63,65-68H2,1-2H3,(H,73,76)/b14-13-,64-60+. The van der Waals surface area contributed by atoms with Gasteiger partial charge in [0.05, 0.1) is 25.4 Å². The number of allylic oxidation sites excluding steroid dienone is 3. The zero-order chi connectivity index (χ0) is 56.4. The van der Waals surface area contributed by atoms with E-state index in [0.717, 1.165) is 44.9 Å². The summed E-state index contributed by atoms with van der Waals surface area (Å²) in [6, 6.07) is -0.620. The van der Waals surface area contributed by atoms with Gasteiger partial charge in [-0.15, -0.1) is 0 Å². The molecule has 0 aromatic rings. The number of hydrogen-bond donors (Lipinski definition) is 3. The molecule has 0 aliphatic rings. The Morgan fingerprint density at radius 2 is 0.603 bits per heavy atom. The van der Waals surface area contributed by atoms with Crippen LogP contribution < -0.4 is 5.32 Å². The van der Waals surface area contributed by atoms with E-state index in [0.29, 0.717) is 19.4 Å². The molecule has 0 aromatic carbocycles. The van der Waals surface area contributed by atoms with E-state index in [2.05, 4.69) is 31.3 Å². The lowest BCUT2D eigenvalue weighted by molar-refractivity contribution is -0.143. The molecule has 0 bridgehead atoms. The SMILES string of the molecule is CCCCCC/C=C\CCCCCCCC(=O)OCCCCCCCCCCCCCCCCCCCCCCCCCCCCCCCCCCCCCCCCCC(=O)NC(CO)C(O)/C=C/CCCCCCCCC. The average Bonchev–Trinajstić information content (AvgIpc) is 3.44. The van der Waals surface area contributed by atoms with Crippen molar-refractivity contribution < 1.29 is 24.5 Å². The van der Waals surface area contributed by atoms with Crippen molar-refractivity contribution in [1.29, 1.82) is 0 Å². The van der Waals surface area contributed by atoms with Crippen LogP contribution in [0.1, 0.15) is 399 Å². The molecule has 0 rings (SSSR count). The molecule has 0 aromatic heterocycles. The Hall–Kier alpha value is -1.66. The van der Waals surface area contributed by atoms with Crippen LogP contribution in [0.2, 0.25) is 0 Å². The Balaban J connectivity index is 3.26. The van der Waals surface area contributed by atoms with Crippen LogP contribution in [0.5, 0.6) is 0 Å². The Kier molecular flexibility index (Phi) is 66.4. The van der Waals surface area contributed by atoms with E-state index < -0.39 is 12.1 Å². The predicted octanol–water partition coefficient (Wildman–Crippen LogP) is 22.9. The van der Waals surface area contributed by atoms with Crippen molar-refractivity contribution in [2.45, 2.75) is 411 Å². The van der Waals surface area contributed by atoms with Gasteiger partial charge in [-0.1, -0.05) is 353 Å². The number of hydrogen-bond acceptors (Lipinski definition) is 5. The van der Waals surface area contributed by atoms with Crippen molar-refractivity contribution in [1.82, 2.24) is 5.32 Å². The zero-order valence-electron chi connectivity index (χ0n) is 52.9. The summed E-state index contributed by atoms with van der Waals surface area (Å²) in [6.07, 6.45) is 85.9. The number of rotatable bonds is 67. The summed E-state index contributed by atoms with van der Waals surface area (Å²) >= 11 is 0. The minimum Gasteiger partial charge on any atom is -0.466 e. The van der Waals surface area contributed by atoms with Gasteiger partial charge in [0.1, 0.15) is 0 Å². The third-order valence-electron chi connectivity index (χ3n) is 16.7. The fourth-order valence-corrected chi connectivity index (χ4v) is 11.3. The second-order valence-corrected chi connectivity index (χ2v) is 24.6. The summed E-state index contributed by atoms with van der Waals surface area (Å²) in [6.45, 7) is 4.89. The molecule has 1 amide bonds. The number of aliphatic hydroxyl groups is 2. The maximum atomic E-state index is 12.4. The molecule has 6 nitrogen and oxygen atoms in total. The average molecular weight is 1100 g/mol. The minimum atomic E-state index is -0.837. The summed E-state index contributed by atoms with van der Waals surface area (Å²) in [5, 5.41) is 23.0. The van der Waals surface area contributed by atoms with E-state index >= 15 is 0 Å². The Morgan fingerprint density at radius 1 is 0.346 bits per heavy atom. The van der Waals surface area contributed by atoms with Gasteiger partial charge >= 0.3 is 5.97 Å². The molecule has 0 aliphatic carbocycles. The molecule has 462 valence electrons. The van der Waals surface area contributed by atoms with Crippen molar-refractivity contribution in [2.24, 2.45) is 0 Å². The molecule has 0 saturated heterocycles. The van der Waals surface area contributed by atoms with Crippen molar-refractivity contribution in [3.8, 4) is 0 Å². The summed E-state index contributed by atoms with van der Waals surface area (Å²) in [5.74, 6) is -0.0481. The van der Waals surface area contributed by atoms with Gasteiger partial charge in [-0.3, -0.25) is 9.59 Å². The molecule has 0 spiro atoms. The smallest absolute Gasteiger partial charge is 0.305 e. The van der Waals surface area contributed by atoms with E-state index in [1.54, 1.807) is 6.08 Å². The lowest BCUT2D eigenvalue weighted by Gasteiger charge is -2.20. The number of carbonyl (C=O) groups excluding carboxylic acids is 2. The van der Waals surface area contributed by atoms with E-state index in [1.165, 1.54) is 327 Å². The van der Waals surface area contributed by atoms with E-state index in [1.807, 2.05) is 6.08 Å². The van der Waals surface area contributed by atoms with Gasteiger partial charge in [0, 0.05) is 12.8 Å². The molecule has 0 fully saturated rings. The van der Waals surface area contributed by atoms with E-state index in [9.17, 15) is 19.8 Å². The van der Waals surface area contributed by atoms with Crippen molar-refractivity contribution in [3.05, 3.63) is 24.3 Å². The molecule has 2 unspecified atom stereocenters. The third-order valence-corrected chi connectivity index (χ3v) is 16.7. The Labute approximate surface area is 488 Å². The highest BCUT2D eigenvalue weighted by molar-refractivity contribution is 5.76. The lowest BCUT2D eigenvalue weighted by atomic mass is 10.0. The van der Waals surface area contributed by atoms with Gasteiger partial charge in [-0.2, -0.15) is 0 Å². The summed E-state index contributed by atoms with van der Waals surface area (Å²) in [5.41, 5.74) is 0. The molecule has 78 heavy (non-hydrogen) atoms. The number of unbranched alkanes of at least 4 members (excludes halogenated alkanes) is 54. The second kappa shape index (κ2) is 67.8. The number of carbonyl (C=O) groups is 2. The summed E-state index contributed by atoms with van der Waals surface area (Å²) < 4.78 is 5.49. The van der Waals surface area contributed by atoms with Crippen LogP contribution in [0.25, 0.3) is 0 Å². The first-order chi connectivity index (χ1) is 38.5. The van der Waals surface area contributed by atoms with E-state index in [4.69, 9.17) is 4.74 Å². The van der Waals surface area contributed by atoms with Crippen LogP contribution in [-0.2, 0) is 14.3 Å². The van der Waals surface area contributed by atoms with Gasteiger partial charge in [0.2, 0.25) is 5.91 Å². The highest BCUT2D eigenvalue weighted by Gasteiger charge is 2.18. The van der Waals surface area contributed by atoms with Gasteiger partial charge in [-0.05, 0) is 57.8 Å². The number of amides is 1. The first-order valence-electron chi connectivity index (χ1n) is 35.6. The lowest BCUT2D eigenvalue weighted by Crippen LogP contribution is -2.45. The van der Waals surface area contributed by atoms with Gasteiger partial charge in [0.25, 0.3) is 0 Å². The quantitative estimate of drug-likeness (QED) is 0.0320. The zero-order valence-corrected chi connectivity index (χ0v) is 52.9. The van der Waals surface area contributed by atoms with Crippen LogP contribution in [0.4, 0.5) is 0 Å². The number of ether oxygens (including phenoxy) is 1. The molecule has 0 saturated carbocycles. The molecule has 6 heteroatoms. The topological polar surface area (TPSA) is 95.9 Å². The summed E-state index contributed by atoms with van der Waals surface area (Å²) in [4.78, 5) is 24.4. The maximum Gasteiger partial charge on any atom is 0.305 e. The van der Waals surface area contributed by atoms with Crippen LogP contribution in [0.15, 0.2) is 24.3 Å². The molecule has 2 atom stereocenters. The van der Waals surface area contributed by atoms with Crippen molar-refractivity contribution in [2.75, 3.05) is 13.2 Å². The fraction of sp³-hybridized carbons (Fsp3) is 0.917. The monoisotopic (exact) mass is 1100 g/mol. The van der Waals surface area contributed by atoms with Crippen LogP contribution in [0.3, 0.4) is 0 Å². The Bertz CT molecular complexity index is 1220. The van der Waals surface area contributed by atoms with Crippen molar-refractivity contribution >= 4 is 11.9 Å². The van der Waals surface area contributed by atoms with E-state index in [-0.39, 0.29) is 18.5 Å². The highest BCUT2D eigenvalue weighted by Crippen LogP contribution is 2.19. The number of aliphatic hydroxyl groups excluding tert-OH is 2. The third kappa shape index (κ3) is 63.5. The van der Waals surface area contributed by atoms with Gasteiger partial charge < -0.3 is 20.3 Å². The molecule has 0 heterocycles. The van der Waals surface area contributed by atoms with Crippen LogP contribution in [-0.4, -0.2) is 47.4 Å². The Morgan fingerprint density at radius 3 is 0.923 bits per heavy atom. The highest BCUT2D eigenvalue weighted by atomic mass is 16.5. The summed E-state index contributed by atoms with van der Waals surface area (Å²) in [7, 11) is 0. The first kappa shape index (κ1) is 76.3. The van der Waals surface area contributed by atoms with Gasteiger partial charge in [-0.25, -0.2) is 0 Å². The molecule has 0 aliphatic heterocycles. The fourth-order valence-electron chi connectivity index (χ4n) is 11.3. The minimum absolute atomic E-state index is 0.0149. The molecular weight excluding hydrogens is 959 g/mol. The van der Waals surface area contributed by atoms with Crippen LogP contribution in [0, 0.1) is 0 Å². The molecule has 0 radical (unpaired) electrons. The maximum absolute atomic E-state index is 12.4. The predicted molar refractivity (Wildman–Crippen MR) is 343 cm³/mol. The molecule has 3 N–H and O–H groups in total. The molecular formula is C72H139NO5.